The minimum atomic E-state index is 0.545. The van der Waals surface area contributed by atoms with Gasteiger partial charge in [-0.2, -0.15) is 0 Å². The van der Waals surface area contributed by atoms with E-state index < -0.39 is 0 Å². The molecular formula is C63H44N6. The van der Waals surface area contributed by atoms with Crippen molar-refractivity contribution in [3.8, 4) is 96.0 Å². The highest BCUT2D eigenvalue weighted by atomic mass is 15.0. The molecule has 12 rings (SSSR count). The van der Waals surface area contributed by atoms with Gasteiger partial charge in [0, 0.05) is 44.2 Å². The van der Waals surface area contributed by atoms with E-state index in [-0.39, 0.29) is 0 Å². The smallest absolute Gasteiger partial charge is 0.164 e. The molecule has 0 aliphatic rings. The summed E-state index contributed by atoms with van der Waals surface area (Å²) in [5.74, 6) is 2.30. The van der Waals surface area contributed by atoms with Gasteiger partial charge in [0.1, 0.15) is 0 Å². The Morgan fingerprint density at radius 1 is 0.275 bits per heavy atom. The van der Waals surface area contributed by atoms with Crippen LogP contribution < -0.4 is 0 Å². The number of rotatable bonds is 9. The van der Waals surface area contributed by atoms with Gasteiger partial charge in [-0.15, -0.1) is 0 Å². The van der Waals surface area contributed by atoms with Crippen LogP contribution in [0.25, 0.3) is 118 Å². The van der Waals surface area contributed by atoms with Gasteiger partial charge in [-0.05, 0) is 72.5 Å². The number of fused-ring (bicyclic) bond motifs is 3. The van der Waals surface area contributed by atoms with Crippen molar-refractivity contribution in [3.05, 3.63) is 242 Å². The van der Waals surface area contributed by atoms with Crippen LogP contribution in [0.1, 0.15) is 11.1 Å². The first-order chi connectivity index (χ1) is 34.0. The summed E-state index contributed by atoms with van der Waals surface area (Å²) in [6.45, 7) is 4.29. The van der Waals surface area contributed by atoms with Crippen LogP contribution in [0.3, 0.4) is 0 Å². The summed E-state index contributed by atoms with van der Waals surface area (Å²) in [5, 5.41) is 2.29. The van der Waals surface area contributed by atoms with Crippen LogP contribution in [0.15, 0.2) is 231 Å². The first-order valence-electron chi connectivity index (χ1n) is 23.2. The second-order valence-electron chi connectivity index (χ2n) is 17.5. The topological polar surface area (TPSA) is 69.4 Å². The van der Waals surface area contributed by atoms with Crippen LogP contribution in [-0.4, -0.2) is 29.5 Å². The van der Waals surface area contributed by atoms with E-state index in [1.165, 1.54) is 11.1 Å². The fourth-order valence-electron chi connectivity index (χ4n) is 9.35. The molecule has 0 unspecified atom stereocenters. The Morgan fingerprint density at radius 3 is 1.12 bits per heavy atom. The molecule has 326 valence electrons. The summed E-state index contributed by atoms with van der Waals surface area (Å²) >= 11 is 0. The molecule has 0 bridgehead atoms. The Kier molecular flexibility index (Phi) is 10.5. The number of hydrogen-bond donors (Lipinski definition) is 0. The van der Waals surface area contributed by atoms with Crippen LogP contribution in [0.2, 0.25) is 0 Å². The van der Waals surface area contributed by atoms with Crippen molar-refractivity contribution < 1.29 is 0 Å². The van der Waals surface area contributed by atoms with E-state index in [9.17, 15) is 0 Å². The maximum absolute atomic E-state index is 5.47. The fourth-order valence-corrected chi connectivity index (χ4v) is 9.35. The van der Waals surface area contributed by atoms with Crippen molar-refractivity contribution in [2.45, 2.75) is 13.8 Å². The van der Waals surface area contributed by atoms with Crippen LogP contribution >= 0.6 is 0 Å². The van der Waals surface area contributed by atoms with E-state index in [0.29, 0.717) is 23.3 Å². The average Bonchev–Trinajstić information content (AvgIpc) is 3.74. The lowest BCUT2D eigenvalue weighted by Crippen LogP contribution is -2.04. The summed E-state index contributed by atoms with van der Waals surface area (Å²) in [5.41, 5.74) is 17.1. The van der Waals surface area contributed by atoms with Crippen molar-refractivity contribution >= 4 is 21.8 Å². The molecule has 0 radical (unpaired) electrons. The summed E-state index contributed by atoms with van der Waals surface area (Å²) in [4.78, 5) is 26.3. The lowest BCUT2D eigenvalue weighted by Gasteiger charge is -2.17. The lowest BCUT2D eigenvalue weighted by atomic mass is 10.0. The number of hydrogen-bond acceptors (Lipinski definition) is 5. The van der Waals surface area contributed by atoms with Crippen LogP contribution in [0.5, 0.6) is 0 Å². The first kappa shape index (κ1) is 41.3. The Bertz CT molecular complexity index is 3630. The number of nitrogens with zero attached hydrogens (tertiary/aromatic N) is 6. The molecular weight excluding hydrogens is 841 g/mol. The average molecular weight is 885 g/mol. The predicted molar refractivity (Wildman–Crippen MR) is 283 cm³/mol. The predicted octanol–water partition coefficient (Wildman–Crippen LogP) is 15.7. The Hall–Kier alpha value is -9.13. The molecule has 3 heterocycles. The maximum Gasteiger partial charge on any atom is 0.164 e. The van der Waals surface area contributed by atoms with E-state index in [2.05, 4.69) is 176 Å². The van der Waals surface area contributed by atoms with Gasteiger partial charge in [0.25, 0.3) is 0 Å². The van der Waals surface area contributed by atoms with Gasteiger partial charge in [-0.3, -0.25) is 0 Å². The fraction of sp³-hybridized carbons (Fsp3) is 0.0317. The van der Waals surface area contributed by atoms with Crippen molar-refractivity contribution in [2.24, 2.45) is 0 Å². The molecule has 0 amide bonds. The quantitative estimate of drug-likeness (QED) is 0.144. The molecule has 0 N–H and O–H groups in total. The van der Waals surface area contributed by atoms with E-state index >= 15 is 0 Å². The minimum Gasteiger partial charge on any atom is -0.308 e. The highest BCUT2D eigenvalue weighted by Gasteiger charge is 2.22. The van der Waals surface area contributed by atoms with Gasteiger partial charge in [0.2, 0.25) is 0 Å². The maximum atomic E-state index is 5.47. The molecule has 0 fully saturated rings. The third kappa shape index (κ3) is 8.04. The number of benzene rings is 9. The third-order valence-corrected chi connectivity index (χ3v) is 12.8. The standard InChI is InChI=1S/C63H44N6/c1-41-17-15-27-47(35-41)49-29-32-52-53-33-30-50(48-28-16-18-42(2)36-48)39-59(53)69(58(52)38-49)57-34-31-51(62-67-60(45-23-11-5-12-24-45)66-61(68-62)46-25-13-6-14-26-46)37-54(57)63-64-55(43-19-7-3-8-20-43)40-56(65-63)44-21-9-4-10-22-44/h3-40H,1-2H3. The molecule has 0 saturated heterocycles. The van der Waals surface area contributed by atoms with Crippen molar-refractivity contribution in [1.29, 1.82) is 0 Å². The summed E-state index contributed by atoms with van der Waals surface area (Å²) in [6, 6.07) is 80.6. The molecule has 3 aromatic heterocycles. The van der Waals surface area contributed by atoms with Crippen LogP contribution in [-0.2, 0) is 0 Å². The zero-order chi connectivity index (χ0) is 46.3. The van der Waals surface area contributed by atoms with Crippen molar-refractivity contribution in [1.82, 2.24) is 29.5 Å². The zero-order valence-electron chi connectivity index (χ0n) is 38.1. The number of aromatic nitrogens is 6. The van der Waals surface area contributed by atoms with Gasteiger partial charge in [-0.1, -0.05) is 205 Å². The van der Waals surface area contributed by atoms with Gasteiger partial charge in [0.05, 0.1) is 28.1 Å². The summed E-state index contributed by atoms with van der Waals surface area (Å²) < 4.78 is 2.40. The molecule has 0 saturated carbocycles. The lowest BCUT2D eigenvalue weighted by molar-refractivity contribution is 1.07. The molecule has 0 atom stereocenters. The van der Waals surface area contributed by atoms with E-state index in [1.807, 2.05) is 72.8 Å². The van der Waals surface area contributed by atoms with E-state index in [0.717, 1.165) is 94.5 Å². The van der Waals surface area contributed by atoms with Gasteiger partial charge >= 0.3 is 0 Å². The number of aryl methyl sites for hydroxylation is 2. The highest BCUT2D eigenvalue weighted by molar-refractivity contribution is 6.11. The van der Waals surface area contributed by atoms with Crippen molar-refractivity contribution in [3.63, 3.8) is 0 Å². The second kappa shape index (κ2) is 17.6. The monoisotopic (exact) mass is 884 g/mol. The van der Waals surface area contributed by atoms with Gasteiger partial charge in [0.15, 0.2) is 23.3 Å². The van der Waals surface area contributed by atoms with Crippen molar-refractivity contribution in [2.75, 3.05) is 0 Å². The third-order valence-electron chi connectivity index (χ3n) is 12.8. The molecule has 9 aromatic carbocycles. The summed E-state index contributed by atoms with van der Waals surface area (Å²) in [6.07, 6.45) is 0. The molecule has 69 heavy (non-hydrogen) atoms. The molecule has 0 aliphatic heterocycles. The molecule has 0 aliphatic carbocycles. The summed E-state index contributed by atoms with van der Waals surface area (Å²) in [7, 11) is 0. The highest BCUT2D eigenvalue weighted by Crippen LogP contribution is 2.41. The largest absolute Gasteiger partial charge is 0.308 e. The van der Waals surface area contributed by atoms with Gasteiger partial charge < -0.3 is 4.57 Å². The molecule has 6 heteroatoms. The second-order valence-corrected chi connectivity index (χ2v) is 17.5. The first-order valence-corrected chi connectivity index (χ1v) is 23.2. The molecule has 12 aromatic rings. The van der Waals surface area contributed by atoms with E-state index in [1.54, 1.807) is 0 Å². The van der Waals surface area contributed by atoms with Crippen LogP contribution in [0.4, 0.5) is 0 Å². The molecule has 0 spiro atoms. The zero-order valence-corrected chi connectivity index (χ0v) is 38.1. The van der Waals surface area contributed by atoms with E-state index in [4.69, 9.17) is 24.9 Å². The SMILES string of the molecule is Cc1cccc(-c2ccc3c4ccc(-c5cccc(C)c5)cc4n(-c4ccc(-c5nc(-c6ccccc6)nc(-c6ccccc6)n5)cc4-c4nc(-c5ccccc5)cc(-c5ccccc5)n4)c3c2)c1. The Labute approximate surface area is 401 Å². The Morgan fingerprint density at radius 2 is 0.667 bits per heavy atom. The minimum absolute atomic E-state index is 0.545. The Balaban J connectivity index is 1.18. The molecule has 6 nitrogen and oxygen atoms in total. The normalized spacial score (nSPS) is 11.3. The van der Waals surface area contributed by atoms with Gasteiger partial charge in [-0.25, -0.2) is 24.9 Å². The van der Waals surface area contributed by atoms with Crippen LogP contribution in [0, 0.1) is 13.8 Å².